The standard InChI is InChI=1S/C20H26N4O/c1-20(2,3)24-13-12-23(16-8-6-7-9-17(16)24)19(25)15-10-11-18(21-14-15)22(4)5/h6-11,14H,12-13H2,1-5H3. The number of anilines is 3. The lowest BCUT2D eigenvalue weighted by Crippen LogP contribution is -2.51. The van der Waals surface area contributed by atoms with Crippen LogP contribution in [-0.2, 0) is 0 Å². The van der Waals surface area contributed by atoms with Gasteiger partial charge in [0, 0.05) is 38.9 Å². The van der Waals surface area contributed by atoms with Gasteiger partial charge in [-0.3, -0.25) is 4.79 Å². The monoisotopic (exact) mass is 338 g/mol. The van der Waals surface area contributed by atoms with E-state index in [-0.39, 0.29) is 11.4 Å². The fraction of sp³-hybridized carbons (Fsp3) is 0.400. The van der Waals surface area contributed by atoms with Crippen molar-refractivity contribution in [1.82, 2.24) is 4.98 Å². The molecular weight excluding hydrogens is 312 g/mol. The fourth-order valence-corrected chi connectivity index (χ4v) is 3.20. The Kier molecular flexibility index (Phi) is 4.41. The van der Waals surface area contributed by atoms with Crippen LogP contribution < -0.4 is 14.7 Å². The van der Waals surface area contributed by atoms with Gasteiger partial charge in [0.15, 0.2) is 0 Å². The molecule has 0 N–H and O–H groups in total. The molecule has 0 spiro atoms. The largest absolute Gasteiger partial charge is 0.363 e. The predicted octanol–water partition coefficient (Wildman–Crippen LogP) is 3.41. The van der Waals surface area contributed by atoms with Crippen LogP contribution in [0.4, 0.5) is 17.2 Å². The van der Waals surface area contributed by atoms with Crippen molar-refractivity contribution in [3.05, 3.63) is 48.2 Å². The number of para-hydroxylation sites is 2. The maximum Gasteiger partial charge on any atom is 0.259 e. The predicted molar refractivity (Wildman–Crippen MR) is 104 cm³/mol. The van der Waals surface area contributed by atoms with Gasteiger partial charge in [-0.05, 0) is 45.0 Å². The second kappa shape index (κ2) is 6.39. The van der Waals surface area contributed by atoms with E-state index in [1.807, 2.05) is 54.2 Å². The SMILES string of the molecule is CN(C)c1ccc(C(=O)N2CCN(C(C)(C)C)c3ccccc32)cn1. The summed E-state index contributed by atoms with van der Waals surface area (Å²) in [5.74, 6) is 0.841. The smallest absolute Gasteiger partial charge is 0.259 e. The van der Waals surface area contributed by atoms with Crippen LogP contribution in [0, 0.1) is 0 Å². The average Bonchev–Trinajstić information content (AvgIpc) is 2.59. The first-order valence-corrected chi connectivity index (χ1v) is 8.61. The van der Waals surface area contributed by atoms with Gasteiger partial charge in [-0.15, -0.1) is 0 Å². The molecule has 1 aliphatic heterocycles. The number of benzene rings is 1. The number of hydrogen-bond acceptors (Lipinski definition) is 4. The van der Waals surface area contributed by atoms with Crippen molar-refractivity contribution in [2.75, 3.05) is 41.9 Å². The number of carbonyl (C=O) groups is 1. The molecule has 0 saturated heterocycles. The van der Waals surface area contributed by atoms with Crippen LogP contribution in [0.3, 0.4) is 0 Å². The third-order valence-electron chi connectivity index (χ3n) is 4.52. The van der Waals surface area contributed by atoms with Crippen molar-refractivity contribution in [2.45, 2.75) is 26.3 Å². The molecule has 0 aliphatic carbocycles. The number of carbonyl (C=O) groups excluding carboxylic acids is 1. The normalized spacial score (nSPS) is 14.3. The number of amides is 1. The Morgan fingerprint density at radius 2 is 1.72 bits per heavy atom. The first kappa shape index (κ1) is 17.3. The highest BCUT2D eigenvalue weighted by Crippen LogP contribution is 2.37. The summed E-state index contributed by atoms with van der Waals surface area (Å²) in [6.45, 7) is 8.08. The minimum atomic E-state index is -0.00110. The van der Waals surface area contributed by atoms with Crippen molar-refractivity contribution in [3.63, 3.8) is 0 Å². The topological polar surface area (TPSA) is 39.7 Å². The van der Waals surface area contributed by atoms with E-state index in [0.29, 0.717) is 12.1 Å². The lowest BCUT2D eigenvalue weighted by atomic mass is 10.0. The van der Waals surface area contributed by atoms with Crippen molar-refractivity contribution in [1.29, 1.82) is 0 Å². The van der Waals surface area contributed by atoms with Crippen LogP contribution >= 0.6 is 0 Å². The van der Waals surface area contributed by atoms with Crippen LogP contribution in [0.2, 0.25) is 0 Å². The number of pyridine rings is 1. The Labute approximate surface area is 149 Å². The number of nitrogens with zero attached hydrogens (tertiary/aromatic N) is 4. The highest BCUT2D eigenvalue weighted by molar-refractivity contribution is 6.08. The summed E-state index contributed by atoms with van der Waals surface area (Å²) in [5, 5.41) is 0. The van der Waals surface area contributed by atoms with Crippen molar-refractivity contribution in [2.24, 2.45) is 0 Å². The highest BCUT2D eigenvalue weighted by Gasteiger charge is 2.32. The molecule has 0 atom stereocenters. The molecule has 25 heavy (non-hydrogen) atoms. The molecule has 1 aromatic carbocycles. The molecule has 1 aromatic heterocycles. The molecule has 0 unspecified atom stereocenters. The van der Waals surface area contributed by atoms with E-state index < -0.39 is 0 Å². The van der Waals surface area contributed by atoms with Gasteiger partial charge in [-0.2, -0.15) is 0 Å². The first-order valence-electron chi connectivity index (χ1n) is 8.61. The van der Waals surface area contributed by atoms with E-state index in [2.05, 4.69) is 36.7 Å². The van der Waals surface area contributed by atoms with Crippen LogP contribution in [0.25, 0.3) is 0 Å². The van der Waals surface area contributed by atoms with Crippen molar-refractivity contribution < 1.29 is 4.79 Å². The second-order valence-electron chi connectivity index (χ2n) is 7.57. The molecular formula is C20H26N4O. The van der Waals surface area contributed by atoms with Gasteiger partial charge in [-0.25, -0.2) is 4.98 Å². The van der Waals surface area contributed by atoms with Gasteiger partial charge < -0.3 is 14.7 Å². The number of rotatable bonds is 2. The van der Waals surface area contributed by atoms with Gasteiger partial charge in [0.05, 0.1) is 16.9 Å². The molecule has 0 saturated carbocycles. The Bertz CT molecular complexity index is 762. The molecule has 0 fully saturated rings. The Balaban J connectivity index is 1.93. The Hall–Kier alpha value is -2.56. The van der Waals surface area contributed by atoms with E-state index in [4.69, 9.17) is 0 Å². The zero-order valence-corrected chi connectivity index (χ0v) is 15.7. The molecule has 2 heterocycles. The quantitative estimate of drug-likeness (QED) is 0.841. The molecule has 5 nitrogen and oxygen atoms in total. The molecule has 2 aromatic rings. The summed E-state index contributed by atoms with van der Waals surface area (Å²) in [7, 11) is 3.87. The summed E-state index contributed by atoms with van der Waals surface area (Å²) < 4.78 is 0. The van der Waals surface area contributed by atoms with Gasteiger partial charge >= 0.3 is 0 Å². The summed E-state index contributed by atoms with van der Waals surface area (Å²) >= 11 is 0. The molecule has 5 heteroatoms. The maximum atomic E-state index is 13.1. The van der Waals surface area contributed by atoms with E-state index in [1.165, 1.54) is 0 Å². The zero-order valence-electron chi connectivity index (χ0n) is 15.7. The lowest BCUT2D eigenvalue weighted by Gasteiger charge is -2.44. The molecule has 0 radical (unpaired) electrons. The minimum Gasteiger partial charge on any atom is -0.363 e. The number of aromatic nitrogens is 1. The maximum absolute atomic E-state index is 13.1. The molecule has 3 rings (SSSR count). The minimum absolute atomic E-state index is 0.00110. The van der Waals surface area contributed by atoms with Crippen LogP contribution in [0.1, 0.15) is 31.1 Å². The highest BCUT2D eigenvalue weighted by atomic mass is 16.2. The van der Waals surface area contributed by atoms with Crippen LogP contribution in [0.15, 0.2) is 42.6 Å². The number of hydrogen-bond donors (Lipinski definition) is 0. The van der Waals surface area contributed by atoms with Crippen LogP contribution in [-0.4, -0.2) is 43.6 Å². The third-order valence-corrected chi connectivity index (χ3v) is 4.52. The van der Waals surface area contributed by atoms with Gasteiger partial charge in [-0.1, -0.05) is 12.1 Å². The van der Waals surface area contributed by atoms with Gasteiger partial charge in [0.25, 0.3) is 5.91 Å². The second-order valence-corrected chi connectivity index (χ2v) is 7.57. The van der Waals surface area contributed by atoms with E-state index in [0.717, 1.165) is 23.7 Å². The Morgan fingerprint density at radius 1 is 1.04 bits per heavy atom. The molecule has 132 valence electrons. The summed E-state index contributed by atoms with van der Waals surface area (Å²) in [6.07, 6.45) is 1.66. The third kappa shape index (κ3) is 3.31. The van der Waals surface area contributed by atoms with E-state index in [9.17, 15) is 4.79 Å². The molecule has 1 amide bonds. The van der Waals surface area contributed by atoms with Gasteiger partial charge in [0.1, 0.15) is 5.82 Å². The van der Waals surface area contributed by atoms with Crippen molar-refractivity contribution >= 4 is 23.1 Å². The molecule has 1 aliphatic rings. The van der Waals surface area contributed by atoms with E-state index >= 15 is 0 Å². The van der Waals surface area contributed by atoms with Crippen LogP contribution in [0.5, 0.6) is 0 Å². The van der Waals surface area contributed by atoms with Gasteiger partial charge in [0.2, 0.25) is 0 Å². The molecule has 0 bridgehead atoms. The summed E-state index contributed by atoms with van der Waals surface area (Å²) in [5.41, 5.74) is 2.70. The first-order chi connectivity index (χ1) is 11.8. The average molecular weight is 338 g/mol. The summed E-state index contributed by atoms with van der Waals surface area (Å²) in [4.78, 5) is 23.6. The van der Waals surface area contributed by atoms with E-state index in [1.54, 1.807) is 6.20 Å². The zero-order chi connectivity index (χ0) is 18.2. The van der Waals surface area contributed by atoms with Crippen molar-refractivity contribution in [3.8, 4) is 0 Å². The fourth-order valence-electron chi connectivity index (χ4n) is 3.20. The number of fused-ring (bicyclic) bond motifs is 1. The lowest BCUT2D eigenvalue weighted by molar-refractivity contribution is 0.0985. The summed E-state index contributed by atoms with van der Waals surface area (Å²) in [6, 6.07) is 11.9. The Morgan fingerprint density at radius 3 is 2.28 bits per heavy atom.